The molecule has 3 N–H and O–H groups in total. The van der Waals surface area contributed by atoms with Gasteiger partial charge < -0.3 is 16.0 Å². The Labute approximate surface area is 95.4 Å². The molecule has 16 heavy (non-hydrogen) atoms. The van der Waals surface area contributed by atoms with E-state index < -0.39 is 6.04 Å². The van der Waals surface area contributed by atoms with E-state index in [4.69, 9.17) is 5.73 Å². The Morgan fingerprint density at radius 2 is 2.25 bits per heavy atom. The van der Waals surface area contributed by atoms with Gasteiger partial charge in [-0.15, -0.1) is 0 Å². The smallest absolute Gasteiger partial charge is 0.245 e. The van der Waals surface area contributed by atoms with E-state index in [9.17, 15) is 4.79 Å². The van der Waals surface area contributed by atoms with Gasteiger partial charge in [-0.25, -0.2) is 0 Å². The van der Waals surface area contributed by atoms with Crippen LogP contribution in [-0.2, 0) is 4.79 Å². The van der Waals surface area contributed by atoms with E-state index in [-0.39, 0.29) is 5.91 Å². The lowest BCUT2D eigenvalue weighted by atomic mass is 10.1. The lowest BCUT2D eigenvalue weighted by Gasteiger charge is -2.19. The summed E-state index contributed by atoms with van der Waals surface area (Å²) in [6, 6.07) is 5.41. The molecule has 4 nitrogen and oxygen atoms in total. The fourth-order valence-electron chi connectivity index (χ4n) is 1.98. The highest BCUT2D eigenvalue weighted by Crippen LogP contribution is 2.32. The zero-order valence-corrected chi connectivity index (χ0v) is 9.66. The van der Waals surface area contributed by atoms with E-state index in [0.717, 1.165) is 29.9 Å². The van der Waals surface area contributed by atoms with Crippen molar-refractivity contribution in [2.75, 3.05) is 23.8 Å². The predicted molar refractivity (Wildman–Crippen MR) is 65.6 cm³/mol. The molecule has 2 rings (SSSR count). The number of nitrogens with two attached hydrogens (primary N) is 1. The van der Waals surface area contributed by atoms with Gasteiger partial charge in [-0.2, -0.15) is 0 Å². The number of hydrogen-bond donors (Lipinski definition) is 2. The van der Waals surface area contributed by atoms with Crippen molar-refractivity contribution in [3.63, 3.8) is 0 Å². The summed E-state index contributed by atoms with van der Waals surface area (Å²) >= 11 is 0. The SMILES string of the molecule is CCCN(C)c1ccc2c(c1)NC(=O)C2N. The predicted octanol–water partition coefficient (Wildman–Crippen LogP) is 1.48. The Hall–Kier alpha value is -1.55. The Bertz CT molecular complexity index is 417. The van der Waals surface area contributed by atoms with Gasteiger partial charge in [0.1, 0.15) is 6.04 Å². The molecule has 1 aromatic carbocycles. The lowest BCUT2D eigenvalue weighted by molar-refractivity contribution is -0.116. The number of amides is 1. The van der Waals surface area contributed by atoms with Gasteiger partial charge >= 0.3 is 0 Å². The van der Waals surface area contributed by atoms with Crippen LogP contribution in [0.2, 0.25) is 0 Å². The van der Waals surface area contributed by atoms with Crippen LogP contribution < -0.4 is 16.0 Å². The van der Waals surface area contributed by atoms with Crippen molar-refractivity contribution >= 4 is 17.3 Å². The van der Waals surface area contributed by atoms with Crippen LogP contribution in [0.25, 0.3) is 0 Å². The van der Waals surface area contributed by atoms with Gasteiger partial charge in [0, 0.05) is 30.5 Å². The molecule has 1 amide bonds. The van der Waals surface area contributed by atoms with Gasteiger partial charge in [-0.05, 0) is 18.6 Å². The van der Waals surface area contributed by atoms with Gasteiger partial charge in [-0.1, -0.05) is 13.0 Å². The maximum absolute atomic E-state index is 11.4. The van der Waals surface area contributed by atoms with Crippen LogP contribution in [-0.4, -0.2) is 19.5 Å². The fourth-order valence-corrected chi connectivity index (χ4v) is 1.98. The molecule has 1 heterocycles. The van der Waals surface area contributed by atoms with Gasteiger partial charge in [0.2, 0.25) is 5.91 Å². The second-order valence-corrected chi connectivity index (χ2v) is 4.16. The summed E-state index contributed by atoms with van der Waals surface area (Å²) in [5.74, 6) is -0.120. The van der Waals surface area contributed by atoms with Crippen LogP contribution in [0.5, 0.6) is 0 Å². The zero-order valence-electron chi connectivity index (χ0n) is 9.66. The highest BCUT2D eigenvalue weighted by atomic mass is 16.2. The number of carbonyl (C=O) groups is 1. The lowest BCUT2D eigenvalue weighted by Crippen LogP contribution is -2.19. The minimum Gasteiger partial charge on any atom is -0.375 e. The van der Waals surface area contributed by atoms with Crippen LogP contribution in [0.15, 0.2) is 18.2 Å². The molecule has 1 atom stereocenters. The summed E-state index contributed by atoms with van der Waals surface area (Å²) in [5.41, 5.74) is 8.59. The van der Waals surface area contributed by atoms with Gasteiger partial charge in [0.15, 0.2) is 0 Å². The normalized spacial score (nSPS) is 18.2. The number of hydrogen-bond acceptors (Lipinski definition) is 3. The van der Waals surface area contributed by atoms with Crippen molar-refractivity contribution < 1.29 is 4.79 Å². The average molecular weight is 219 g/mol. The molecule has 0 saturated heterocycles. The highest BCUT2D eigenvalue weighted by Gasteiger charge is 2.27. The number of nitrogens with one attached hydrogen (secondary N) is 1. The standard InChI is InChI=1S/C12H17N3O/c1-3-6-15(2)8-4-5-9-10(7-8)14-12(16)11(9)13/h4-5,7,11H,3,6,13H2,1-2H3,(H,14,16). The Morgan fingerprint density at radius 1 is 1.50 bits per heavy atom. The third kappa shape index (κ3) is 1.76. The maximum atomic E-state index is 11.4. The molecule has 1 aromatic rings. The summed E-state index contributed by atoms with van der Waals surface area (Å²) in [5, 5.41) is 2.79. The summed E-state index contributed by atoms with van der Waals surface area (Å²) in [6.45, 7) is 3.14. The number of benzene rings is 1. The largest absolute Gasteiger partial charge is 0.375 e. The first-order chi connectivity index (χ1) is 7.63. The first kappa shape index (κ1) is 11.0. The van der Waals surface area contributed by atoms with E-state index in [1.54, 1.807) is 0 Å². The van der Waals surface area contributed by atoms with E-state index in [2.05, 4.69) is 17.1 Å². The molecule has 86 valence electrons. The molecular formula is C12H17N3O. The van der Waals surface area contributed by atoms with Crippen molar-refractivity contribution in [3.8, 4) is 0 Å². The molecule has 0 saturated carbocycles. The van der Waals surface area contributed by atoms with Crippen LogP contribution in [0.4, 0.5) is 11.4 Å². The Balaban J connectivity index is 2.28. The summed E-state index contributed by atoms with van der Waals surface area (Å²) in [7, 11) is 2.04. The molecular weight excluding hydrogens is 202 g/mol. The zero-order chi connectivity index (χ0) is 11.7. The molecule has 4 heteroatoms. The van der Waals surface area contributed by atoms with E-state index in [1.807, 2.05) is 25.2 Å². The molecule has 1 unspecified atom stereocenters. The third-order valence-corrected chi connectivity index (χ3v) is 2.91. The number of anilines is 2. The molecule has 1 aliphatic heterocycles. The van der Waals surface area contributed by atoms with Crippen LogP contribution in [0.1, 0.15) is 24.9 Å². The number of nitrogens with zero attached hydrogens (tertiary/aromatic N) is 1. The Kier molecular flexibility index (Phi) is 2.83. The first-order valence-electron chi connectivity index (χ1n) is 5.55. The van der Waals surface area contributed by atoms with E-state index in [1.165, 1.54) is 0 Å². The minimum absolute atomic E-state index is 0.120. The number of rotatable bonds is 3. The molecule has 0 bridgehead atoms. The minimum atomic E-state index is -0.513. The number of fused-ring (bicyclic) bond motifs is 1. The van der Waals surface area contributed by atoms with Crippen molar-refractivity contribution in [2.45, 2.75) is 19.4 Å². The molecule has 0 aliphatic carbocycles. The van der Waals surface area contributed by atoms with Crippen molar-refractivity contribution in [1.82, 2.24) is 0 Å². The van der Waals surface area contributed by atoms with Gasteiger partial charge in [0.05, 0.1) is 0 Å². The van der Waals surface area contributed by atoms with E-state index in [0.29, 0.717) is 0 Å². The van der Waals surface area contributed by atoms with Crippen LogP contribution in [0, 0.1) is 0 Å². The average Bonchev–Trinajstić information content (AvgIpc) is 2.55. The van der Waals surface area contributed by atoms with Gasteiger partial charge in [-0.3, -0.25) is 4.79 Å². The Morgan fingerprint density at radius 3 is 2.94 bits per heavy atom. The highest BCUT2D eigenvalue weighted by molar-refractivity contribution is 6.02. The second kappa shape index (κ2) is 4.14. The third-order valence-electron chi connectivity index (χ3n) is 2.91. The second-order valence-electron chi connectivity index (χ2n) is 4.16. The molecule has 1 aliphatic rings. The first-order valence-corrected chi connectivity index (χ1v) is 5.55. The summed E-state index contributed by atoms with van der Waals surface area (Å²) in [4.78, 5) is 13.6. The van der Waals surface area contributed by atoms with Crippen molar-refractivity contribution in [1.29, 1.82) is 0 Å². The van der Waals surface area contributed by atoms with E-state index >= 15 is 0 Å². The van der Waals surface area contributed by atoms with Crippen molar-refractivity contribution in [3.05, 3.63) is 23.8 Å². The quantitative estimate of drug-likeness (QED) is 0.809. The molecule has 0 fully saturated rings. The molecule has 0 radical (unpaired) electrons. The topological polar surface area (TPSA) is 58.4 Å². The monoisotopic (exact) mass is 219 g/mol. The van der Waals surface area contributed by atoms with Gasteiger partial charge in [0.25, 0.3) is 0 Å². The molecule has 0 spiro atoms. The molecule has 0 aromatic heterocycles. The fraction of sp³-hybridized carbons (Fsp3) is 0.417. The van der Waals surface area contributed by atoms with Crippen molar-refractivity contribution in [2.24, 2.45) is 5.73 Å². The van der Waals surface area contributed by atoms with Crippen LogP contribution >= 0.6 is 0 Å². The summed E-state index contributed by atoms with van der Waals surface area (Å²) < 4.78 is 0. The summed E-state index contributed by atoms with van der Waals surface area (Å²) in [6.07, 6.45) is 1.10. The van der Waals surface area contributed by atoms with Crippen LogP contribution in [0.3, 0.4) is 0 Å². The number of carbonyl (C=O) groups excluding carboxylic acids is 1. The maximum Gasteiger partial charge on any atom is 0.245 e.